The zero-order valence-electron chi connectivity index (χ0n) is 11.3. The van der Waals surface area contributed by atoms with Crippen LogP contribution < -0.4 is 4.74 Å². The molecular formula is C17H10ClNO2S. The van der Waals surface area contributed by atoms with E-state index >= 15 is 0 Å². The Morgan fingerprint density at radius 1 is 1.09 bits per heavy atom. The van der Waals surface area contributed by atoms with Crippen LogP contribution in [0.25, 0.3) is 20.7 Å². The maximum atomic E-state index is 5.89. The summed E-state index contributed by atoms with van der Waals surface area (Å²) in [6, 6.07) is 15.1. The molecule has 4 rings (SSSR count). The smallest absolute Gasteiger partial charge is 0.237 e. The number of thiophene rings is 1. The van der Waals surface area contributed by atoms with Crippen molar-refractivity contribution in [2.75, 3.05) is 0 Å². The van der Waals surface area contributed by atoms with Crippen molar-refractivity contribution in [2.24, 2.45) is 0 Å². The molecule has 0 N–H and O–H groups in total. The average Bonchev–Trinajstić information content (AvgIpc) is 3.18. The number of fused-ring (bicyclic) bond motifs is 1. The molecule has 0 aliphatic carbocycles. The van der Waals surface area contributed by atoms with Crippen molar-refractivity contribution in [1.29, 1.82) is 0 Å². The molecule has 0 aliphatic rings. The molecule has 5 heteroatoms. The van der Waals surface area contributed by atoms with Crippen LogP contribution in [0.5, 0.6) is 11.6 Å². The summed E-state index contributed by atoms with van der Waals surface area (Å²) in [6.45, 7) is 0. The Bertz CT molecular complexity index is 914. The highest BCUT2D eigenvalue weighted by atomic mass is 35.5. The second-order valence-electron chi connectivity index (χ2n) is 4.68. The number of nitrogens with zero attached hydrogens (tertiary/aromatic N) is 1. The minimum atomic E-state index is 0.586. The Balaban J connectivity index is 1.76. The second-order valence-corrected chi connectivity index (χ2v) is 6.17. The van der Waals surface area contributed by atoms with Crippen LogP contribution in [0.1, 0.15) is 0 Å². The standard InChI is InChI=1S/C17H10ClNO2S/c18-12-3-5-13(6-4-12)21-17-16-11(7-8-19-17)10-15(22-16)14-2-1-9-20-14/h1-10H. The third-order valence-corrected chi connectivity index (χ3v) is 4.60. The number of aromatic nitrogens is 1. The number of hydrogen-bond donors (Lipinski definition) is 0. The molecular weight excluding hydrogens is 318 g/mol. The molecule has 0 aliphatic heterocycles. The van der Waals surface area contributed by atoms with E-state index in [-0.39, 0.29) is 0 Å². The van der Waals surface area contributed by atoms with E-state index in [1.54, 1.807) is 35.9 Å². The van der Waals surface area contributed by atoms with Gasteiger partial charge in [0.1, 0.15) is 11.5 Å². The molecule has 0 unspecified atom stereocenters. The maximum absolute atomic E-state index is 5.89. The summed E-state index contributed by atoms with van der Waals surface area (Å²) >= 11 is 7.49. The van der Waals surface area contributed by atoms with Gasteiger partial charge in [-0.15, -0.1) is 11.3 Å². The Labute approximate surface area is 135 Å². The Kier molecular flexibility index (Phi) is 3.33. The molecule has 3 aromatic heterocycles. The van der Waals surface area contributed by atoms with Crippen molar-refractivity contribution in [3.63, 3.8) is 0 Å². The summed E-state index contributed by atoms with van der Waals surface area (Å²) in [5.41, 5.74) is 0. The van der Waals surface area contributed by atoms with Crippen molar-refractivity contribution in [2.45, 2.75) is 0 Å². The molecule has 0 amide bonds. The summed E-state index contributed by atoms with van der Waals surface area (Å²) in [5.74, 6) is 2.14. The molecule has 0 radical (unpaired) electrons. The summed E-state index contributed by atoms with van der Waals surface area (Å²) < 4.78 is 12.3. The maximum Gasteiger partial charge on any atom is 0.237 e. The van der Waals surface area contributed by atoms with Gasteiger partial charge in [-0.25, -0.2) is 4.98 Å². The minimum Gasteiger partial charge on any atom is -0.464 e. The number of benzene rings is 1. The van der Waals surface area contributed by atoms with Crippen LogP contribution in [-0.4, -0.2) is 4.98 Å². The lowest BCUT2D eigenvalue weighted by Gasteiger charge is -2.05. The third-order valence-electron chi connectivity index (χ3n) is 3.19. The molecule has 22 heavy (non-hydrogen) atoms. The predicted octanol–water partition coefficient (Wildman–Crippen LogP) is 6.00. The van der Waals surface area contributed by atoms with Gasteiger partial charge in [-0.3, -0.25) is 0 Å². The normalized spacial score (nSPS) is 11.0. The topological polar surface area (TPSA) is 35.3 Å². The average molecular weight is 328 g/mol. The zero-order chi connectivity index (χ0) is 14.9. The fraction of sp³-hybridized carbons (Fsp3) is 0. The van der Waals surface area contributed by atoms with Gasteiger partial charge in [0.2, 0.25) is 5.88 Å². The van der Waals surface area contributed by atoms with E-state index in [1.807, 2.05) is 30.3 Å². The van der Waals surface area contributed by atoms with Crippen LogP contribution in [0.2, 0.25) is 5.02 Å². The number of furan rings is 1. The van der Waals surface area contributed by atoms with Crippen LogP contribution in [0.4, 0.5) is 0 Å². The van der Waals surface area contributed by atoms with Crippen LogP contribution in [0.15, 0.2) is 65.4 Å². The molecule has 0 atom stereocenters. The van der Waals surface area contributed by atoms with E-state index in [0.29, 0.717) is 16.7 Å². The monoisotopic (exact) mass is 327 g/mol. The molecule has 3 heterocycles. The van der Waals surface area contributed by atoms with E-state index in [9.17, 15) is 0 Å². The third kappa shape index (κ3) is 2.47. The summed E-state index contributed by atoms with van der Waals surface area (Å²) in [7, 11) is 0. The van der Waals surface area contributed by atoms with Gasteiger partial charge in [-0.2, -0.15) is 0 Å². The zero-order valence-corrected chi connectivity index (χ0v) is 12.9. The van der Waals surface area contributed by atoms with Gasteiger partial charge in [0, 0.05) is 16.6 Å². The molecule has 4 aromatic rings. The fourth-order valence-electron chi connectivity index (χ4n) is 2.17. The molecule has 1 aromatic carbocycles. The number of ether oxygens (including phenoxy) is 1. The Hall–Kier alpha value is -2.30. The molecule has 0 saturated heterocycles. The molecule has 0 saturated carbocycles. The van der Waals surface area contributed by atoms with Gasteiger partial charge < -0.3 is 9.15 Å². The van der Waals surface area contributed by atoms with Crippen molar-refractivity contribution in [3.8, 4) is 22.3 Å². The first-order valence-electron chi connectivity index (χ1n) is 6.65. The lowest BCUT2D eigenvalue weighted by molar-refractivity contribution is 0.470. The Morgan fingerprint density at radius 3 is 2.73 bits per heavy atom. The molecule has 0 fully saturated rings. The van der Waals surface area contributed by atoms with Crippen molar-refractivity contribution in [3.05, 3.63) is 66.0 Å². The van der Waals surface area contributed by atoms with E-state index < -0.39 is 0 Å². The van der Waals surface area contributed by atoms with E-state index in [0.717, 1.165) is 20.7 Å². The highest BCUT2D eigenvalue weighted by molar-refractivity contribution is 7.22. The van der Waals surface area contributed by atoms with Crippen molar-refractivity contribution in [1.82, 2.24) is 4.98 Å². The van der Waals surface area contributed by atoms with Crippen LogP contribution in [0, 0.1) is 0 Å². The van der Waals surface area contributed by atoms with Gasteiger partial charge in [0.15, 0.2) is 0 Å². The Morgan fingerprint density at radius 2 is 1.95 bits per heavy atom. The quantitative estimate of drug-likeness (QED) is 0.462. The SMILES string of the molecule is Clc1ccc(Oc2nccc3cc(-c4ccco4)sc23)cc1. The summed E-state index contributed by atoms with van der Waals surface area (Å²) in [4.78, 5) is 5.39. The van der Waals surface area contributed by atoms with Gasteiger partial charge in [0.25, 0.3) is 0 Å². The van der Waals surface area contributed by atoms with E-state index in [1.165, 1.54) is 0 Å². The fourth-order valence-corrected chi connectivity index (χ4v) is 3.34. The van der Waals surface area contributed by atoms with Gasteiger partial charge in [0.05, 0.1) is 15.8 Å². The summed E-state index contributed by atoms with van der Waals surface area (Å²) in [5, 5.41) is 1.75. The number of pyridine rings is 1. The molecule has 0 bridgehead atoms. The van der Waals surface area contributed by atoms with Crippen molar-refractivity contribution < 1.29 is 9.15 Å². The number of halogens is 1. The van der Waals surface area contributed by atoms with Gasteiger partial charge in [-0.05, 0) is 48.5 Å². The summed E-state index contributed by atoms with van der Waals surface area (Å²) in [6.07, 6.45) is 3.41. The van der Waals surface area contributed by atoms with Gasteiger partial charge in [-0.1, -0.05) is 11.6 Å². The lowest BCUT2D eigenvalue weighted by Crippen LogP contribution is -1.86. The van der Waals surface area contributed by atoms with Crippen LogP contribution >= 0.6 is 22.9 Å². The second kappa shape index (κ2) is 5.48. The minimum absolute atomic E-state index is 0.586. The highest BCUT2D eigenvalue weighted by Gasteiger charge is 2.12. The first-order valence-corrected chi connectivity index (χ1v) is 7.85. The van der Waals surface area contributed by atoms with Gasteiger partial charge >= 0.3 is 0 Å². The highest BCUT2D eigenvalue weighted by Crippen LogP contribution is 2.39. The lowest BCUT2D eigenvalue weighted by atomic mass is 10.3. The van der Waals surface area contributed by atoms with Crippen molar-refractivity contribution >= 4 is 33.0 Å². The molecule has 0 spiro atoms. The predicted molar refractivity (Wildman–Crippen MR) is 88.8 cm³/mol. The number of rotatable bonds is 3. The largest absolute Gasteiger partial charge is 0.464 e. The first kappa shape index (κ1) is 13.4. The van der Waals surface area contributed by atoms with E-state index in [2.05, 4.69) is 11.1 Å². The van der Waals surface area contributed by atoms with Crippen LogP contribution in [0.3, 0.4) is 0 Å². The molecule has 108 valence electrons. The van der Waals surface area contributed by atoms with E-state index in [4.69, 9.17) is 20.8 Å². The first-order chi connectivity index (χ1) is 10.8. The number of hydrogen-bond acceptors (Lipinski definition) is 4. The molecule has 3 nitrogen and oxygen atoms in total. The van der Waals surface area contributed by atoms with Crippen LogP contribution in [-0.2, 0) is 0 Å².